The van der Waals surface area contributed by atoms with E-state index in [2.05, 4.69) is 49.7 Å². The van der Waals surface area contributed by atoms with E-state index in [9.17, 15) is 4.79 Å². The molecule has 0 atom stereocenters. The molecule has 20 heavy (non-hydrogen) atoms. The van der Waals surface area contributed by atoms with Crippen LogP contribution in [0.4, 0.5) is 0 Å². The third-order valence-electron chi connectivity index (χ3n) is 4.25. The van der Waals surface area contributed by atoms with Gasteiger partial charge in [-0.2, -0.15) is 0 Å². The molecular formula is C17H22N2O. The van der Waals surface area contributed by atoms with Crippen LogP contribution in [0.25, 0.3) is 10.9 Å². The molecule has 106 valence electrons. The smallest absolute Gasteiger partial charge is 0.223 e. The molecule has 0 unspecified atom stereocenters. The summed E-state index contributed by atoms with van der Waals surface area (Å²) < 4.78 is 2.29. The quantitative estimate of drug-likeness (QED) is 0.823. The van der Waals surface area contributed by atoms with Crippen LogP contribution in [0, 0.1) is 5.92 Å². The van der Waals surface area contributed by atoms with Gasteiger partial charge in [-0.3, -0.25) is 4.79 Å². The first-order valence-electron chi connectivity index (χ1n) is 7.41. The van der Waals surface area contributed by atoms with Gasteiger partial charge in [0.05, 0.1) is 0 Å². The fraction of sp³-hybridized carbons (Fsp3) is 0.471. The molecule has 1 aliphatic rings. The predicted octanol–water partition coefficient (Wildman–Crippen LogP) is 3.11. The van der Waals surface area contributed by atoms with Crippen LogP contribution in [0.5, 0.6) is 0 Å². The minimum absolute atomic E-state index is 0.290. The fourth-order valence-corrected chi connectivity index (χ4v) is 3.22. The van der Waals surface area contributed by atoms with Gasteiger partial charge in [0.1, 0.15) is 0 Å². The van der Waals surface area contributed by atoms with Crippen molar-refractivity contribution in [3.05, 3.63) is 35.5 Å². The van der Waals surface area contributed by atoms with Crippen molar-refractivity contribution in [1.82, 2.24) is 9.47 Å². The molecule has 0 radical (unpaired) electrons. The second-order valence-electron chi connectivity index (χ2n) is 6.16. The molecule has 0 spiro atoms. The number of para-hydroxylation sites is 1. The molecule has 1 aliphatic heterocycles. The van der Waals surface area contributed by atoms with E-state index in [1.807, 2.05) is 4.90 Å². The highest BCUT2D eigenvalue weighted by Crippen LogP contribution is 2.30. The highest BCUT2D eigenvalue weighted by Gasteiger charge is 2.25. The Hall–Kier alpha value is -1.77. The van der Waals surface area contributed by atoms with Gasteiger partial charge in [-0.15, -0.1) is 0 Å². The molecule has 0 fully saturated rings. The molecule has 1 amide bonds. The van der Waals surface area contributed by atoms with E-state index >= 15 is 0 Å². The fourth-order valence-electron chi connectivity index (χ4n) is 3.22. The number of carbonyl (C=O) groups is 1. The van der Waals surface area contributed by atoms with Crippen LogP contribution in [0.3, 0.4) is 0 Å². The van der Waals surface area contributed by atoms with Crippen LogP contribution in [-0.2, 0) is 24.8 Å². The molecule has 2 aromatic rings. The first-order chi connectivity index (χ1) is 9.58. The first kappa shape index (κ1) is 13.2. The molecular weight excluding hydrogens is 248 g/mol. The van der Waals surface area contributed by atoms with Crippen molar-refractivity contribution in [2.24, 2.45) is 13.0 Å². The Bertz CT molecular complexity index is 654. The van der Waals surface area contributed by atoms with E-state index in [-0.39, 0.29) is 0 Å². The van der Waals surface area contributed by atoms with Crippen molar-refractivity contribution < 1.29 is 4.79 Å². The van der Waals surface area contributed by atoms with Crippen molar-refractivity contribution in [2.75, 3.05) is 6.54 Å². The number of aryl methyl sites for hydroxylation is 1. The van der Waals surface area contributed by atoms with Gasteiger partial charge in [0.25, 0.3) is 0 Å². The monoisotopic (exact) mass is 270 g/mol. The van der Waals surface area contributed by atoms with E-state index in [0.29, 0.717) is 18.2 Å². The third kappa shape index (κ3) is 2.11. The van der Waals surface area contributed by atoms with Gasteiger partial charge in [0.2, 0.25) is 5.91 Å². The summed E-state index contributed by atoms with van der Waals surface area (Å²) in [7, 11) is 2.13. The summed E-state index contributed by atoms with van der Waals surface area (Å²) in [6.07, 6.45) is 1.62. The normalized spacial score (nSPS) is 14.9. The second-order valence-corrected chi connectivity index (χ2v) is 6.16. The van der Waals surface area contributed by atoms with Crippen LogP contribution in [0.1, 0.15) is 31.5 Å². The lowest BCUT2D eigenvalue weighted by atomic mass is 10.0. The van der Waals surface area contributed by atoms with Gasteiger partial charge in [-0.1, -0.05) is 32.0 Å². The van der Waals surface area contributed by atoms with Crippen LogP contribution in [0.2, 0.25) is 0 Å². The SMILES string of the molecule is CC(C)CC(=O)N1CCc2c(c3ccccc3n2C)C1. The molecule has 0 N–H and O–H groups in total. The minimum atomic E-state index is 0.290. The number of aromatic nitrogens is 1. The maximum atomic E-state index is 12.3. The summed E-state index contributed by atoms with van der Waals surface area (Å²) in [4.78, 5) is 14.3. The van der Waals surface area contributed by atoms with Crippen LogP contribution in [0.15, 0.2) is 24.3 Å². The molecule has 3 rings (SSSR count). The summed E-state index contributed by atoms with van der Waals surface area (Å²) in [6, 6.07) is 8.49. The maximum Gasteiger partial charge on any atom is 0.223 e. The molecule has 3 nitrogen and oxygen atoms in total. The largest absolute Gasteiger partial charge is 0.347 e. The zero-order valence-electron chi connectivity index (χ0n) is 12.5. The summed E-state index contributed by atoms with van der Waals surface area (Å²) >= 11 is 0. The summed E-state index contributed by atoms with van der Waals surface area (Å²) in [5.74, 6) is 0.718. The Morgan fingerprint density at radius 3 is 2.80 bits per heavy atom. The number of carbonyl (C=O) groups excluding carboxylic acids is 1. The lowest BCUT2D eigenvalue weighted by Crippen LogP contribution is -2.36. The summed E-state index contributed by atoms with van der Waals surface area (Å²) in [5.41, 5.74) is 4.00. The van der Waals surface area contributed by atoms with Gasteiger partial charge >= 0.3 is 0 Å². The molecule has 2 heterocycles. The average molecular weight is 270 g/mol. The summed E-state index contributed by atoms with van der Waals surface area (Å²) in [6.45, 7) is 5.82. The predicted molar refractivity (Wildman–Crippen MR) is 81.5 cm³/mol. The van der Waals surface area contributed by atoms with E-state index in [0.717, 1.165) is 19.5 Å². The van der Waals surface area contributed by atoms with Gasteiger partial charge in [0.15, 0.2) is 0 Å². The Labute approximate surface area is 120 Å². The Balaban J connectivity index is 1.95. The zero-order valence-corrected chi connectivity index (χ0v) is 12.5. The Morgan fingerprint density at radius 1 is 1.30 bits per heavy atom. The average Bonchev–Trinajstić information content (AvgIpc) is 2.72. The number of benzene rings is 1. The van der Waals surface area contributed by atoms with E-state index in [4.69, 9.17) is 0 Å². The van der Waals surface area contributed by atoms with Crippen molar-refractivity contribution in [1.29, 1.82) is 0 Å². The number of fused-ring (bicyclic) bond motifs is 3. The summed E-state index contributed by atoms with van der Waals surface area (Å²) in [5, 5.41) is 1.30. The van der Waals surface area contributed by atoms with Crippen LogP contribution in [-0.4, -0.2) is 21.9 Å². The second kappa shape index (κ2) is 4.97. The first-order valence-corrected chi connectivity index (χ1v) is 7.41. The lowest BCUT2D eigenvalue weighted by molar-refractivity contribution is -0.132. The molecule has 0 bridgehead atoms. The standard InChI is InChI=1S/C17H22N2O/c1-12(2)10-17(20)19-9-8-16-14(11-19)13-6-4-5-7-15(13)18(16)3/h4-7,12H,8-11H2,1-3H3. The topological polar surface area (TPSA) is 25.2 Å². The molecule has 0 aliphatic carbocycles. The van der Waals surface area contributed by atoms with E-state index in [1.165, 1.54) is 22.2 Å². The highest BCUT2D eigenvalue weighted by molar-refractivity contribution is 5.86. The number of nitrogens with zero attached hydrogens (tertiary/aromatic N) is 2. The van der Waals surface area contributed by atoms with Crippen molar-refractivity contribution in [3.8, 4) is 0 Å². The number of hydrogen-bond acceptors (Lipinski definition) is 1. The van der Waals surface area contributed by atoms with Crippen LogP contribution >= 0.6 is 0 Å². The molecule has 0 saturated heterocycles. The lowest BCUT2D eigenvalue weighted by Gasteiger charge is -2.28. The zero-order chi connectivity index (χ0) is 14.3. The number of hydrogen-bond donors (Lipinski definition) is 0. The van der Waals surface area contributed by atoms with Gasteiger partial charge in [-0.05, 0) is 12.0 Å². The van der Waals surface area contributed by atoms with E-state index in [1.54, 1.807) is 0 Å². The van der Waals surface area contributed by atoms with Crippen molar-refractivity contribution >= 4 is 16.8 Å². The third-order valence-corrected chi connectivity index (χ3v) is 4.25. The minimum Gasteiger partial charge on any atom is -0.347 e. The van der Waals surface area contributed by atoms with E-state index < -0.39 is 0 Å². The van der Waals surface area contributed by atoms with Gasteiger partial charge in [0, 0.05) is 55.1 Å². The number of amides is 1. The van der Waals surface area contributed by atoms with Crippen LogP contribution < -0.4 is 0 Å². The van der Waals surface area contributed by atoms with Gasteiger partial charge < -0.3 is 9.47 Å². The Morgan fingerprint density at radius 2 is 2.05 bits per heavy atom. The van der Waals surface area contributed by atoms with Gasteiger partial charge in [-0.25, -0.2) is 0 Å². The Kier molecular flexibility index (Phi) is 3.28. The number of rotatable bonds is 2. The maximum absolute atomic E-state index is 12.3. The highest BCUT2D eigenvalue weighted by atomic mass is 16.2. The van der Waals surface area contributed by atoms with Crippen molar-refractivity contribution in [3.63, 3.8) is 0 Å². The molecule has 0 saturated carbocycles. The molecule has 1 aromatic carbocycles. The molecule has 3 heteroatoms. The molecule has 1 aromatic heterocycles. The van der Waals surface area contributed by atoms with Crippen molar-refractivity contribution in [2.45, 2.75) is 33.2 Å².